The first-order valence-corrected chi connectivity index (χ1v) is 15.6. The summed E-state index contributed by atoms with van der Waals surface area (Å²) < 4.78 is 5.45. The van der Waals surface area contributed by atoms with Gasteiger partial charge in [-0.3, -0.25) is 19.5 Å². The molecule has 0 bridgehead atoms. The molecule has 1 aromatic heterocycles. The number of aliphatic imine (C=N–C) groups is 1. The van der Waals surface area contributed by atoms with Crippen LogP contribution in [0.3, 0.4) is 0 Å². The van der Waals surface area contributed by atoms with Crippen LogP contribution in [-0.4, -0.2) is 77.7 Å². The van der Waals surface area contributed by atoms with Crippen molar-refractivity contribution in [1.82, 2.24) is 25.1 Å². The summed E-state index contributed by atoms with van der Waals surface area (Å²) in [6.45, 7) is 2.56. The molecule has 16 heteroatoms. The number of hydrogen-bond donors (Lipinski definition) is 1. The predicted octanol–water partition coefficient (Wildman–Crippen LogP) is 4.07. The van der Waals surface area contributed by atoms with Crippen LogP contribution in [0, 0.1) is 14.7 Å². The van der Waals surface area contributed by atoms with E-state index in [0.29, 0.717) is 12.1 Å². The van der Waals surface area contributed by atoms with Gasteiger partial charge in [0.15, 0.2) is 24.4 Å². The second-order valence-electron chi connectivity index (χ2n) is 12.0. The molecule has 1 saturated carbocycles. The van der Waals surface area contributed by atoms with Gasteiger partial charge in [-0.05, 0) is 41.2 Å². The SMILES string of the molecule is CCCCC1=NC2(CCCC2)C(=O)N1Cc1ccc(-c2ccccc2-c2nnn(C3OC(C(=O)N=O)C(N=O)C(N=O)C3O)n2)cc1. The van der Waals surface area contributed by atoms with Crippen molar-refractivity contribution in [3.05, 3.63) is 68.8 Å². The van der Waals surface area contributed by atoms with Crippen LogP contribution >= 0.6 is 0 Å². The molecule has 1 aliphatic carbocycles. The van der Waals surface area contributed by atoms with Crippen molar-refractivity contribution in [2.24, 2.45) is 20.5 Å². The zero-order valence-corrected chi connectivity index (χ0v) is 25.6. The van der Waals surface area contributed by atoms with Gasteiger partial charge in [-0.25, -0.2) is 0 Å². The van der Waals surface area contributed by atoms with Gasteiger partial charge in [-0.2, -0.15) is 9.81 Å². The number of tetrazole rings is 1. The van der Waals surface area contributed by atoms with Crippen molar-refractivity contribution in [3.8, 4) is 22.5 Å². The standard InChI is InChI=1S/C31H33N9O7/c1-2-3-10-22-32-31(15-6-7-16-31)30(43)39(22)17-18-11-13-19(14-12-18)20-8-4-5-9-21(20)27-33-38-40(34-27)29-25(41)23(35-44)24(36-45)26(47-29)28(42)37-46/h4-5,8-9,11-14,23-26,29,41H,2-3,6-7,10,15-17H2,1H3. The topological polar surface area (TPSA) is 211 Å². The van der Waals surface area contributed by atoms with E-state index in [4.69, 9.17) is 9.73 Å². The number of unbranched alkanes of at least 4 members (excludes halogenated alkanes) is 1. The first-order valence-electron chi connectivity index (χ1n) is 15.6. The van der Waals surface area contributed by atoms with Gasteiger partial charge in [0.1, 0.15) is 17.5 Å². The van der Waals surface area contributed by atoms with E-state index < -0.39 is 42.0 Å². The quantitative estimate of drug-likeness (QED) is 0.296. The fourth-order valence-electron chi connectivity index (χ4n) is 6.59. The largest absolute Gasteiger partial charge is 0.386 e. The molecule has 244 valence electrons. The Labute approximate surface area is 268 Å². The molecule has 1 spiro atoms. The number of ether oxygens (including phenoxy) is 1. The lowest BCUT2D eigenvalue weighted by molar-refractivity contribution is -0.184. The molecule has 16 nitrogen and oxygen atoms in total. The second-order valence-corrected chi connectivity index (χ2v) is 12.0. The second kappa shape index (κ2) is 13.4. The smallest absolute Gasteiger partial charge is 0.317 e. The molecule has 2 fully saturated rings. The number of carbonyl (C=O) groups is 2. The van der Waals surface area contributed by atoms with Crippen molar-refractivity contribution in [2.45, 2.75) is 94.5 Å². The average molecular weight is 644 g/mol. The Morgan fingerprint density at radius 3 is 2.38 bits per heavy atom. The third kappa shape index (κ3) is 5.89. The predicted molar refractivity (Wildman–Crippen MR) is 167 cm³/mol. The molecule has 3 aliphatic rings. The van der Waals surface area contributed by atoms with Gasteiger partial charge < -0.3 is 9.84 Å². The molecule has 0 radical (unpaired) electrons. The van der Waals surface area contributed by atoms with E-state index >= 15 is 0 Å². The summed E-state index contributed by atoms with van der Waals surface area (Å²) in [5.41, 5.74) is 2.53. The average Bonchev–Trinajstić information content (AvgIpc) is 3.84. The summed E-state index contributed by atoms with van der Waals surface area (Å²) in [4.78, 5) is 67.0. The third-order valence-corrected chi connectivity index (χ3v) is 9.08. The lowest BCUT2D eigenvalue weighted by atomic mass is 9.94. The maximum absolute atomic E-state index is 13.6. The number of nitroso groups, excluding NO2 is 3. The van der Waals surface area contributed by atoms with Crippen LogP contribution in [0.5, 0.6) is 0 Å². The van der Waals surface area contributed by atoms with E-state index in [1.807, 2.05) is 41.3 Å². The Kier molecular flexibility index (Phi) is 9.13. The van der Waals surface area contributed by atoms with Crippen LogP contribution in [0.4, 0.5) is 0 Å². The van der Waals surface area contributed by atoms with E-state index in [-0.39, 0.29) is 11.7 Å². The molecule has 5 atom stereocenters. The third-order valence-electron chi connectivity index (χ3n) is 9.08. The van der Waals surface area contributed by atoms with Crippen LogP contribution in [0.1, 0.15) is 63.7 Å². The monoisotopic (exact) mass is 643 g/mol. The number of benzene rings is 2. The number of aliphatic hydroxyl groups is 1. The number of hydrogen-bond acceptors (Lipinski definition) is 13. The molecule has 6 rings (SSSR count). The molecular formula is C31H33N9O7. The van der Waals surface area contributed by atoms with Gasteiger partial charge in [0, 0.05) is 17.2 Å². The number of nitrogens with zero attached hydrogens (tertiary/aromatic N) is 9. The van der Waals surface area contributed by atoms with Crippen molar-refractivity contribution in [1.29, 1.82) is 0 Å². The summed E-state index contributed by atoms with van der Waals surface area (Å²) >= 11 is 0. The highest BCUT2D eigenvalue weighted by Crippen LogP contribution is 2.40. The van der Waals surface area contributed by atoms with E-state index in [0.717, 1.165) is 72.3 Å². The van der Waals surface area contributed by atoms with Crippen LogP contribution in [-0.2, 0) is 20.9 Å². The number of carbonyl (C=O) groups excluding carboxylic acids is 2. The molecular weight excluding hydrogens is 610 g/mol. The molecule has 5 unspecified atom stereocenters. The van der Waals surface area contributed by atoms with Crippen LogP contribution in [0.15, 0.2) is 69.1 Å². The highest BCUT2D eigenvalue weighted by Gasteiger charge is 2.52. The number of amidine groups is 1. The van der Waals surface area contributed by atoms with Crippen LogP contribution < -0.4 is 0 Å². The van der Waals surface area contributed by atoms with Crippen molar-refractivity contribution < 1.29 is 19.4 Å². The van der Waals surface area contributed by atoms with E-state index in [2.05, 4.69) is 37.9 Å². The fraction of sp³-hybridized carbons (Fsp3) is 0.484. The minimum absolute atomic E-state index is 0.100. The van der Waals surface area contributed by atoms with Gasteiger partial charge in [0.25, 0.3) is 5.91 Å². The van der Waals surface area contributed by atoms with Gasteiger partial charge in [-0.1, -0.05) is 85.1 Å². The first-order chi connectivity index (χ1) is 22.8. The van der Waals surface area contributed by atoms with E-state index in [1.165, 1.54) is 0 Å². The summed E-state index contributed by atoms with van der Waals surface area (Å²) in [5.74, 6) is -0.293. The molecule has 2 aromatic carbocycles. The van der Waals surface area contributed by atoms with Gasteiger partial charge >= 0.3 is 5.91 Å². The Balaban J connectivity index is 1.23. The summed E-state index contributed by atoms with van der Waals surface area (Å²) in [6.07, 6.45) is 1.16. The first kappa shape index (κ1) is 32.0. The highest BCUT2D eigenvalue weighted by molar-refractivity contribution is 6.08. The Morgan fingerprint density at radius 1 is 1.02 bits per heavy atom. The molecule has 3 heterocycles. The maximum Gasteiger partial charge on any atom is 0.317 e. The molecule has 2 aliphatic heterocycles. The molecule has 1 N–H and O–H groups in total. The number of amides is 2. The molecule has 3 aromatic rings. The minimum atomic E-state index is -1.87. The normalized spacial score (nSPS) is 25.1. The minimum Gasteiger partial charge on any atom is -0.386 e. The van der Waals surface area contributed by atoms with E-state index in [9.17, 15) is 29.4 Å². The lowest BCUT2D eigenvalue weighted by Gasteiger charge is -2.36. The zero-order valence-electron chi connectivity index (χ0n) is 25.6. The number of rotatable bonds is 11. The van der Waals surface area contributed by atoms with Gasteiger partial charge in [0.05, 0.1) is 6.54 Å². The summed E-state index contributed by atoms with van der Waals surface area (Å²) in [7, 11) is 0. The summed E-state index contributed by atoms with van der Waals surface area (Å²) in [5, 5.41) is 30.8. The fourth-order valence-corrected chi connectivity index (χ4v) is 6.59. The van der Waals surface area contributed by atoms with Crippen molar-refractivity contribution in [2.75, 3.05) is 0 Å². The summed E-state index contributed by atoms with van der Waals surface area (Å²) in [6, 6.07) is 11.6. The molecule has 1 saturated heterocycles. The Morgan fingerprint density at radius 2 is 1.72 bits per heavy atom. The van der Waals surface area contributed by atoms with Crippen LogP contribution in [0.2, 0.25) is 0 Å². The molecule has 47 heavy (non-hydrogen) atoms. The van der Waals surface area contributed by atoms with Crippen LogP contribution in [0.25, 0.3) is 22.5 Å². The van der Waals surface area contributed by atoms with Gasteiger partial charge in [-0.15, -0.1) is 19.9 Å². The lowest BCUT2D eigenvalue weighted by Crippen LogP contribution is -2.56. The maximum atomic E-state index is 13.6. The number of aromatic nitrogens is 4. The Hall–Kier alpha value is -4.96. The zero-order chi connectivity index (χ0) is 33.1. The highest BCUT2D eigenvalue weighted by atomic mass is 16.5. The van der Waals surface area contributed by atoms with E-state index in [1.54, 1.807) is 12.1 Å². The molecule has 2 amide bonds. The van der Waals surface area contributed by atoms with Crippen molar-refractivity contribution in [3.63, 3.8) is 0 Å². The Bertz CT molecular complexity index is 1700. The van der Waals surface area contributed by atoms with Crippen molar-refractivity contribution >= 4 is 17.6 Å². The number of aliphatic hydroxyl groups excluding tert-OH is 1. The van der Waals surface area contributed by atoms with Gasteiger partial charge in [0.2, 0.25) is 5.82 Å².